The number of carbonyl (C=O) groups is 2. The van der Waals surface area contributed by atoms with Crippen LogP contribution in [0.2, 0.25) is 0 Å². The van der Waals surface area contributed by atoms with E-state index in [2.05, 4.69) is 13.8 Å². The number of nitrogens with zero attached hydrogens (tertiary/aromatic N) is 1. The van der Waals surface area contributed by atoms with Crippen molar-refractivity contribution in [2.45, 2.75) is 64.5 Å². The van der Waals surface area contributed by atoms with Crippen LogP contribution in [0.15, 0.2) is 48.0 Å². The third-order valence-electron chi connectivity index (χ3n) is 7.01. The highest BCUT2D eigenvalue weighted by atomic mass is 16.5. The van der Waals surface area contributed by atoms with E-state index in [1.165, 1.54) is 5.56 Å². The van der Waals surface area contributed by atoms with Gasteiger partial charge >= 0.3 is 0 Å². The van der Waals surface area contributed by atoms with Crippen LogP contribution in [0.1, 0.15) is 80.7 Å². The molecule has 0 spiro atoms. The summed E-state index contributed by atoms with van der Waals surface area (Å²) in [4.78, 5) is 28.1. The topological polar surface area (TPSA) is 76.1 Å². The number of likely N-dealkylation sites (tertiary alicyclic amines) is 1. The van der Waals surface area contributed by atoms with Crippen molar-refractivity contribution in [2.75, 3.05) is 20.3 Å². The molecule has 6 nitrogen and oxygen atoms in total. The summed E-state index contributed by atoms with van der Waals surface area (Å²) in [6.45, 7) is 9.30. The summed E-state index contributed by atoms with van der Waals surface area (Å²) in [7, 11) is 1.61. The minimum absolute atomic E-state index is 0.112. The van der Waals surface area contributed by atoms with E-state index in [0.29, 0.717) is 24.6 Å². The van der Waals surface area contributed by atoms with Gasteiger partial charge in [-0.3, -0.25) is 9.59 Å². The smallest absolute Gasteiger partial charge is 0.295 e. The van der Waals surface area contributed by atoms with Crippen LogP contribution in [0, 0.1) is 0 Å². The molecule has 2 aromatic carbocycles. The van der Waals surface area contributed by atoms with Crippen LogP contribution in [-0.4, -0.2) is 48.1 Å². The predicted octanol–water partition coefficient (Wildman–Crippen LogP) is 5.54. The molecular formula is C29H35NO5. The third kappa shape index (κ3) is 4.85. The van der Waals surface area contributed by atoms with Crippen LogP contribution in [0.25, 0.3) is 5.76 Å². The molecule has 6 heteroatoms. The normalized spacial score (nSPS) is 22.0. The maximum Gasteiger partial charge on any atom is 0.295 e. The van der Waals surface area contributed by atoms with Gasteiger partial charge in [0.05, 0.1) is 24.8 Å². The van der Waals surface area contributed by atoms with Crippen molar-refractivity contribution in [2.24, 2.45) is 0 Å². The van der Waals surface area contributed by atoms with E-state index >= 15 is 0 Å². The van der Waals surface area contributed by atoms with Crippen LogP contribution in [0.5, 0.6) is 5.75 Å². The Morgan fingerprint density at radius 1 is 1.09 bits per heavy atom. The molecular weight excluding hydrogens is 442 g/mol. The zero-order valence-corrected chi connectivity index (χ0v) is 21.2. The van der Waals surface area contributed by atoms with Gasteiger partial charge in [-0.25, -0.2) is 0 Å². The summed E-state index contributed by atoms with van der Waals surface area (Å²) in [5.41, 5.74) is 3.49. The highest BCUT2D eigenvalue weighted by Gasteiger charge is 2.47. The molecule has 2 aromatic rings. The molecule has 2 unspecified atom stereocenters. The third-order valence-corrected chi connectivity index (χ3v) is 7.01. The molecule has 35 heavy (non-hydrogen) atoms. The van der Waals surface area contributed by atoms with Gasteiger partial charge in [0.2, 0.25) is 0 Å². The van der Waals surface area contributed by atoms with Crippen molar-refractivity contribution in [3.8, 4) is 5.75 Å². The van der Waals surface area contributed by atoms with Gasteiger partial charge < -0.3 is 19.5 Å². The molecule has 186 valence electrons. The lowest BCUT2D eigenvalue weighted by atomic mass is 9.92. The van der Waals surface area contributed by atoms with Gasteiger partial charge in [0.1, 0.15) is 11.5 Å². The molecule has 2 saturated heterocycles. The van der Waals surface area contributed by atoms with Gasteiger partial charge in [-0.2, -0.15) is 0 Å². The summed E-state index contributed by atoms with van der Waals surface area (Å²) in [5.74, 6) is -0.204. The molecule has 2 aliphatic rings. The number of aliphatic hydroxyl groups excluding tert-OH is 1. The Balaban J connectivity index is 1.83. The van der Waals surface area contributed by atoms with Gasteiger partial charge in [0.15, 0.2) is 0 Å². The number of amides is 1. The van der Waals surface area contributed by atoms with Crippen LogP contribution in [0.4, 0.5) is 0 Å². The standard InChI is InChI=1S/C29H35NO5/c1-17(2)19-8-10-20(11-9-19)26-25(28(32)29(33)30(26)16-22-7-6-14-35-22)27(31)21-12-13-24(34-5)23(15-21)18(3)4/h8-13,15,17-18,22,26,31H,6-7,14,16H2,1-5H3/b27-25-. The monoisotopic (exact) mass is 477 g/mol. The lowest BCUT2D eigenvalue weighted by Crippen LogP contribution is -2.36. The Kier molecular flexibility index (Phi) is 7.31. The van der Waals surface area contributed by atoms with Crippen molar-refractivity contribution in [1.82, 2.24) is 4.90 Å². The van der Waals surface area contributed by atoms with Crippen LogP contribution in [0.3, 0.4) is 0 Å². The lowest BCUT2D eigenvalue weighted by Gasteiger charge is -2.27. The number of carbonyl (C=O) groups excluding carboxylic acids is 2. The Morgan fingerprint density at radius 2 is 1.80 bits per heavy atom. The van der Waals surface area contributed by atoms with Gasteiger partial charge in [0.25, 0.3) is 11.7 Å². The Labute approximate surface area is 207 Å². The second kappa shape index (κ2) is 10.2. The quantitative estimate of drug-likeness (QED) is 0.322. The van der Waals surface area contributed by atoms with Crippen LogP contribution < -0.4 is 4.74 Å². The molecule has 0 radical (unpaired) electrons. The van der Waals surface area contributed by atoms with Gasteiger partial charge in [-0.05, 0) is 59.6 Å². The maximum atomic E-state index is 13.3. The van der Waals surface area contributed by atoms with E-state index in [9.17, 15) is 14.7 Å². The van der Waals surface area contributed by atoms with Crippen molar-refractivity contribution in [3.05, 3.63) is 70.3 Å². The predicted molar refractivity (Wildman–Crippen MR) is 136 cm³/mol. The highest BCUT2D eigenvalue weighted by molar-refractivity contribution is 6.46. The van der Waals surface area contributed by atoms with Crippen molar-refractivity contribution in [1.29, 1.82) is 0 Å². The van der Waals surface area contributed by atoms with E-state index < -0.39 is 17.7 Å². The molecule has 2 atom stereocenters. The number of hydrogen-bond acceptors (Lipinski definition) is 5. The molecule has 0 saturated carbocycles. The molecule has 2 aliphatic heterocycles. The largest absolute Gasteiger partial charge is 0.507 e. The number of rotatable bonds is 7. The first-order valence-electron chi connectivity index (χ1n) is 12.4. The minimum Gasteiger partial charge on any atom is -0.507 e. The zero-order chi connectivity index (χ0) is 25.3. The number of methoxy groups -OCH3 is 1. The second-order valence-corrected chi connectivity index (χ2v) is 10.0. The average Bonchev–Trinajstić information content (AvgIpc) is 3.45. The fourth-order valence-electron chi connectivity index (χ4n) is 4.97. The van der Waals surface area contributed by atoms with E-state index in [4.69, 9.17) is 9.47 Å². The first kappa shape index (κ1) is 25.0. The first-order chi connectivity index (χ1) is 16.7. The number of aliphatic hydroxyl groups is 1. The van der Waals surface area contributed by atoms with Crippen molar-refractivity contribution >= 4 is 17.4 Å². The number of ketones is 1. The minimum atomic E-state index is -0.676. The number of ether oxygens (including phenoxy) is 2. The Hall–Kier alpha value is -3.12. The summed E-state index contributed by atoms with van der Waals surface area (Å²) >= 11 is 0. The SMILES string of the molecule is COc1ccc(/C(O)=C2/C(=O)C(=O)N(CC3CCCO3)C2c2ccc(C(C)C)cc2)cc1C(C)C. The summed E-state index contributed by atoms with van der Waals surface area (Å²) in [5, 5.41) is 11.4. The molecule has 2 heterocycles. The summed E-state index contributed by atoms with van der Waals surface area (Å²) in [6, 6.07) is 12.6. The van der Waals surface area contributed by atoms with Gasteiger partial charge in [-0.15, -0.1) is 0 Å². The van der Waals surface area contributed by atoms with E-state index in [-0.39, 0.29) is 23.4 Å². The molecule has 1 amide bonds. The number of benzene rings is 2. The molecule has 4 rings (SSSR count). The summed E-state index contributed by atoms with van der Waals surface area (Å²) in [6.07, 6.45) is 1.67. The zero-order valence-electron chi connectivity index (χ0n) is 21.2. The van der Waals surface area contributed by atoms with E-state index in [1.54, 1.807) is 24.1 Å². The maximum absolute atomic E-state index is 13.3. The average molecular weight is 478 g/mol. The van der Waals surface area contributed by atoms with E-state index in [1.807, 2.05) is 44.2 Å². The Bertz CT molecular complexity index is 1130. The molecule has 1 N–H and O–H groups in total. The fourth-order valence-corrected chi connectivity index (χ4v) is 4.97. The number of hydrogen-bond donors (Lipinski definition) is 1. The van der Waals surface area contributed by atoms with Crippen molar-refractivity contribution < 1.29 is 24.2 Å². The van der Waals surface area contributed by atoms with Gasteiger partial charge in [0, 0.05) is 18.7 Å². The van der Waals surface area contributed by atoms with Gasteiger partial charge in [-0.1, -0.05) is 52.0 Å². The van der Waals surface area contributed by atoms with Crippen LogP contribution in [-0.2, 0) is 14.3 Å². The molecule has 2 fully saturated rings. The Morgan fingerprint density at radius 3 is 2.37 bits per heavy atom. The van der Waals surface area contributed by atoms with Crippen LogP contribution >= 0.6 is 0 Å². The molecule has 0 aromatic heterocycles. The lowest BCUT2D eigenvalue weighted by molar-refractivity contribution is -0.140. The first-order valence-corrected chi connectivity index (χ1v) is 12.4. The summed E-state index contributed by atoms with van der Waals surface area (Å²) < 4.78 is 11.3. The molecule has 0 aliphatic carbocycles. The second-order valence-electron chi connectivity index (χ2n) is 10.0. The van der Waals surface area contributed by atoms with E-state index in [0.717, 1.165) is 29.7 Å². The number of Topliss-reactive ketones (excluding diaryl/α,β-unsaturated/α-hetero) is 1. The fraction of sp³-hybridized carbons (Fsp3) is 0.448. The van der Waals surface area contributed by atoms with Crippen molar-refractivity contribution in [3.63, 3.8) is 0 Å². The molecule has 0 bridgehead atoms. The highest BCUT2D eigenvalue weighted by Crippen LogP contribution is 2.41.